The van der Waals surface area contributed by atoms with Gasteiger partial charge in [-0.2, -0.15) is 0 Å². The van der Waals surface area contributed by atoms with Crippen molar-refractivity contribution >= 4 is 33.3 Å². The molecule has 1 aliphatic rings. The molecule has 0 amide bonds. The minimum absolute atomic E-state index is 0.00390. The summed E-state index contributed by atoms with van der Waals surface area (Å²) in [6, 6.07) is 7.65. The molecule has 36 heavy (non-hydrogen) atoms. The first-order valence-electron chi connectivity index (χ1n) is 12.4. The molecule has 0 fully saturated rings. The van der Waals surface area contributed by atoms with Crippen molar-refractivity contribution in [2.45, 2.75) is 72.1 Å². The summed E-state index contributed by atoms with van der Waals surface area (Å²) in [6.07, 6.45) is 4.10. The Balaban J connectivity index is 2.10. The number of carbonyl (C=O) groups excluding carboxylic acids is 1. The average molecular weight is 536 g/mol. The molecule has 0 aliphatic heterocycles. The number of nitrogens with zero attached hydrogens (tertiary/aromatic N) is 1. The van der Waals surface area contributed by atoms with E-state index in [-0.39, 0.29) is 35.9 Å². The Morgan fingerprint density at radius 2 is 1.86 bits per heavy atom. The smallest absolute Gasteiger partial charge is 0.335 e. The zero-order chi connectivity index (χ0) is 26.6. The molecule has 0 N–H and O–H groups in total. The second-order valence-corrected chi connectivity index (χ2v) is 12.2. The van der Waals surface area contributed by atoms with Crippen molar-refractivity contribution in [1.29, 1.82) is 0 Å². The van der Waals surface area contributed by atoms with Crippen molar-refractivity contribution in [3.05, 3.63) is 75.1 Å². The molecule has 0 bridgehead atoms. The Kier molecular flexibility index (Phi) is 9.23. The number of carbonyl (C=O) groups is 1. The largest absolute Gasteiger partial charge is 0.463 e. The Labute approximate surface area is 219 Å². The number of benzene rings is 2. The van der Waals surface area contributed by atoms with Gasteiger partial charge >= 0.3 is 5.97 Å². The maximum atomic E-state index is 14.2. The minimum atomic E-state index is -4.12. The zero-order valence-electron chi connectivity index (χ0n) is 21.6. The second-order valence-electron chi connectivity index (χ2n) is 9.75. The Bertz CT molecular complexity index is 1230. The molecule has 0 aromatic heterocycles. The standard InChI is InChI=1S/C28H35ClFNO4S/c1-6-35-28(32)23-9-7-8-10-27(23)36(33,34)31(26-12-11-22(30)16-25(26)29)17-21-14-19(4)24(13-18(2)3)20(5)15-21/h9,11-12,14-16,18,27H,6-8,10,13,17H2,1-5H3. The van der Waals surface area contributed by atoms with Crippen LogP contribution in [0.15, 0.2) is 42.0 Å². The lowest BCUT2D eigenvalue weighted by molar-refractivity contribution is -0.138. The molecule has 2 aromatic rings. The highest BCUT2D eigenvalue weighted by Gasteiger charge is 2.40. The van der Waals surface area contributed by atoms with E-state index in [1.807, 2.05) is 26.0 Å². The first-order chi connectivity index (χ1) is 16.9. The summed E-state index contributed by atoms with van der Waals surface area (Å²) in [5, 5.41) is -1.09. The fourth-order valence-electron chi connectivity index (χ4n) is 4.81. The van der Waals surface area contributed by atoms with Crippen molar-refractivity contribution < 1.29 is 22.3 Å². The summed E-state index contributed by atoms with van der Waals surface area (Å²) in [5.74, 6) is -0.696. The van der Waals surface area contributed by atoms with E-state index in [0.29, 0.717) is 18.8 Å². The molecule has 196 valence electrons. The normalized spacial score (nSPS) is 16.1. The van der Waals surface area contributed by atoms with Crippen LogP contribution in [0, 0.1) is 25.6 Å². The number of hydrogen-bond acceptors (Lipinski definition) is 4. The van der Waals surface area contributed by atoms with Gasteiger partial charge in [0.15, 0.2) is 0 Å². The molecule has 0 saturated carbocycles. The number of anilines is 1. The molecule has 3 rings (SSSR count). The van der Waals surface area contributed by atoms with Crippen LogP contribution in [0.5, 0.6) is 0 Å². The number of esters is 1. The molecule has 0 spiro atoms. The third kappa shape index (κ3) is 6.30. The molecule has 1 aliphatic carbocycles. The van der Waals surface area contributed by atoms with Crippen LogP contribution in [0.3, 0.4) is 0 Å². The van der Waals surface area contributed by atoms with E-state index in [4.69, 9.17) is 16.3 Å². The summed E-state index contributed by atoms with van der Waals surface area (Å²) in [7, 11) is -4.12. The molecular formula is C28H35ClFNO4S. The molecular weight excluding hydrogens is 501 g/mol. The topological polar surface area (TPSA) is 63.7 Å². The first-order valence-corrected chi connectivity index (χ1v) is 14.3. The van der Waals surface area contributed by atoms with Gasteiger partial charge < -0.3 is 4.74 Å². The van der Waals surface area contributed by atoms with E-state index in [9.17, 15) is 17.6 Å². The maximum Gasteiger partial charge on any atom is 0.335 e. The fraction of sp³-hybridized carbons (Fsp3) is 0.464. The Morgan fingerprint density at radius 1 is 1.19 bits per heavy atom. The van der Waals surface area contributed by atoms with Crippen LogP contribution in [0.2, 0.25) is 5.02 Å². The van der Waals surface area contributed by atoms with E-state index >= 15 is 0 Å². The number of halogens is 2. The molecule has 2 aromatic carbocycles. The average Bonchev–Trinajstić information content (AvgIpc) is 2.80. The van der Waals surface area contributed by atoms with Gasteiger partial charge in [-0.15, -0.1) is 0 Å². The summed E-state index contributed by atoms with van der Waals surface area (Å²) < 4.78 is 48.6. The number of aryl methyl sites for hydroxylation is 2. The van der Waals surface area contributed by atoms with Crippen molar-refractivity contribution in [3.63, 3.8) is 0 Å². The van der Waals surface area contributed by atoms with E-state index in [1.54, 1.807) is 13.0 Å². The number of allylic oxidation sites excluding steroid dienone is 1. The lowest BCUT2D eigenvalue weighted by atomic mass is 9.92. The van der Waals surface area contributed by atoms with Gasteiger partial charge in [-0.1, -0.05) is 43.7 Å². The van der Waals surface area contributed by atoms with Crippen LogP contribution in [0.25, 0.3) is 0 Å². The molecule has 5 nitrogen and oxygen atoms in total. The van der Waals surface area contributed by atoms with Gasteiger partial charge in [0.25, 0.3) is 0 Å². The van der Waals surface area contributed by atoms with Crippen molar-refractivity contribution in [3.8, 4) is 0 Å². The molecule has 1 unspecified atom stereocenters. The third-order valence-corrected chi connectivity index (χ3v) is 8.88. The van der Waals surface area contributed by atoms with Gasteiger partial charge in [-0.25, -0.2) is 17.6 Å². The van der Waals surface area contributed by atoms with Gasteiger partial charge in [0.05, 0.1) is 29.4 Å². The van der Waals surface area contributed by atoms with Crippen molar-refractivity contribution in [1.82, 2.24) is 0 Å². The van der Waals surface area contributed by atoms with Crippen LogP contribution in [-0.2, 0) is 32.5 Å². The Hall–Kier alpha value is -2.38. The summed E-state index contributed by atoms with van der Waals surface area (Å²) in [6.45, 7) is 10.2. The molecule has 0 radical (unpaired) electrons. The van der Waals surface area contributed by atoms with Gasteiger partial charge in [-0.3, -0.25) is 4.31 Å². The molecule has 8 heteroatoms. The first kappa shape index (κ1) is 28.2. The van der Waals surface area contributed by atoms with Gasteiger partial charge in [0, 0.05) is 0 Å². The summed E-state index contributed by atoms with van der Waals surface area (Å²) >= 11 is 6.38. The van der Waals surface area contributed by atoms with Crippen molar-refractivity contribution in [2.24, 2.45) is 5.92 Å². The van der Waals surface area contributed by atoms with Crippen molar-refractivity contribution in [2.75, 3.05) is 10.9 Å². The molecule has 1 atom stereocenters. The monoisotopic (exact) mass is 535 g/mol. The number of ether oxygens (including phenoxy) is 1. The van der Waals surface area contributed by atoms with E-state index in [0.717, 1.165) is 29.2 Å². The third-order valence-electron chi connectivity index (χ3n) is 6.43. The quantitative estimate of drug-likeness (QED) is 0.336. The second kappa shape index (κ2) is 11.8. The minimum Gasteiger partial charge on any atom is -0.463 e. The van der Waals surface area contributed by atoms with E-state index in [1.165, 1.54) is 22.0 Å². The van der Waals surface area contributed by atoms with Crippen LogP contribution < -0.4 is 4.31 Å². The summed E-state index contributed by atoms with van der Waals surface area (Å²) in [4.78, 5) is 12.6. The molecule has 0 heterocycles. The zero-order valence-corrected chi connectivity index (χ0v) is 23.2. The fourth-order valence-corrected chi connectivity index (χ4v) is 7.17. The lowest BCUT2D eigenvalue weighted by Crippen LogP contribution is -2.42. The summed E-state index contributed by atoms with van der Waals surface area (Å²) in [5.41, 5.74) is 4.54. The van der Waals surface area contributed by atoms with E-state index < -0.39 is 27.1 Å². The van der Waals surface area contributed by atoms with Gasteiger partial charge in [0.2, 0.25) is 10.0 Å². The van der Waals surface area contributed by atoms with Crippen LogP contribution in [-0.4, -0.2) is 26.2 Å². The van der Waals surface area contributed by atoms with Crippen LogP contribution in [0.1, 0.15) is 62.3 Å². The predicted molar refractivity (Wildman–Crippen MR) is 143 cm³/mol. The Morgan fingerprint density at radius 3 is 2.44 bits per heavy atom. The predicted octanol–water partition coefficient (Wildman–Crippen LogP) is 6.67. The van der Waals surface area contributed by atoms with Gasteiger partial charge in [0.1, 0.15) is 11.1 Å². The maximum absolute atomic E-state index is 14.2. The molecule has 0 saturated heterocycles. The van der Waals surface area contributed by atoms with Gasteiger partial charge in [-0.05, 0) is 92.8 Å². The highest BCUT2D eigenvalue weighted by Crippen LogP contribution is 2.36. The van der Waals surface area contributed by atoms with E-state index in [2.05, 4.69) is 13.8 Å². The SMILES string of the molecule is CCOC(=O)C1=CCCCC1S(=O)(=O)N(Cc1cc(C)c(CC(C)C)c(C)c1)c1ccc(F)cc1Cl. The highest BCUT2D eigenvalue weighted by molar-refractivity contribution is 7.93. The highest BCUT2D eigenvalue weighted by atomic mass is 35.5. The number of rotatable bonds is 9. The van der Waals surface area contributed by atoms with Crippen LogP contribution >= 0.6 is 11.6 Å². The lowest BCUT2D eigenvalue weighted by Gasteiger charge is -2.32. The number of hydrogen-bond donors (Lipinski definition) is 0. The number of sulfonamides is 1. The van der Waals surface area contributed by atoms with Crippen LogP contribution in [0.4, 0.5) is 10.1 Å².